The highest BCUT2D eigenvalue weighted by molar-refractivity contribution is 5.92. The Morgan fingerprint density at radius 1 is 1.25 bits per heavy atom. The smallest absolute Gasteiger partial charge is 0.260 e. The first kappa shape index (κ1) is 18.1. The minimum absolute atomic E-state index is 0.0614. The summed E-state index contributed by atoms with van der Waals surface area (Å²) in [6.45, 7) is 5.86. The van der Waals surface area contributed by atoms with Crippen molar-refractivity contribution in [1.82, 2.24) is 4.90 Å². The maximum Gasteiger partial charge on any atom is 0.260 e. The Kier molecular flexibility index (Phi) is 6.43. The number of anilines is 1. The van der Waals surface area contributed by atoms with E-state index in [0.29, 0.717) is 43.5 Å². The van der Waals surface area contributed by atoms with Gasteiger partial charge in [0.05, 0.1) is 20.3 Å². The third-order valence-electron chi connectivity index (χ3n) is 3.67. The molecule has 1 aromatic carbocycles. The van der Waals surface area contributed by atoms with Gasteiger partial charge in [0, 0.05) is 30.8 Å². The van der Waals surface area contributed by atoms with Gasteiger partial charge in [-0.05, 0) is 12.1 Å². The van der Waals surface area contributed by atoms with Crippen molar-refractivity contribution >= 4 is 17.5 Å². The molecule has 2 rings (SSSR count). The van der Waals surface area contributed by atoms with Crippen LogP contribution in [0.4, 0.5) is 5.69 Å². The van der Waals surface area contributed by atoms with Gasteiger partial charge in [0.2, 0.25) is 5.91 Å². The SMILES string of the molecule is COc1cc(NC(=O)C(C)C)ccc1OCC(=O)N1CCOCC1. The van der Waals surface area contributed by atoms with E-state index < -0.39 is 0 Å². The fourth-order valence-corrected chi connectivity index (χ4v) is 2.19. The fraction of sp³-hybridized carbons (Fsp3) is 0.529. The molecule has 7 heteroatoms. The average molecular weight is 336 g/mol. The maximum atomic E-state index is 12.1. The number of rotatable bonds is 6. The Hall–Kier alpha value is -2.28. The zero-order valence-corrected chi connectivity index (χ0v) is 14.3. The predicted molar refractivity (Wildman–Crippen MR) is 89.4 cm³/mol. The molecule has 1 aliphatic rings. The number of benzene rings is 1. The highest BCUT2D eigenvalue weighted by atomic mass is 16.5. The van der Waals surface area contributed by atoms with E-state index in [4.69, 9.17) is 14.2 Å². The van der Waals surface area contributed by atoms with Crippen LogP contribution >= 0.6 is 0 Å². The standard InChI is InChI=1S/C17H24N2O5/c1-12(2)17(21)18-13-4-5-14(15(10-13)22-3)24-11-16(20)19-6-8-23-9-7-19/h4-5,10,12H,6-9,11H2,1-3H3,(H,18,21). The molecule has 0 aliphatic carbocycles. The summed E-state index contributed by atoms with van der Waals surface area (Å²) in [5.41, 5.74) is 0.623. The molecule has 1 N–H and O–H groups in total. The Labute approximate surface area is 141 Å². The molecule has 1 fully saturated rings. The van der Waals surface area contributed by atoms with E-state index in [1.807, 2.05) is 13.8 Å². The van der Waals surface area contributed by atoms with Gasteiger partial charge in [-0.2, -0.15) is 0 Å². The monoisotopic (exact) mass is 336 g/mol. The van der Waals surface area contributed by atoms with Gasteiger partial charge >= 0.3 is 0 Å². The Morgan fingerprint density at radius 3 is 2.58 bits per heavy atom. The molecule has 1 aliphatic heterocycles. The Balaban J connectivity index is 1.97. The first-order valence-electron chi connectivity index (χ1n) is 7.98. The van der Waals surface area contributed by atoms with Crippen molar-refractivity contribution in [2.45, 2.75) is 13.8 Å². The van der Waals surface area contributed by atoms with Crippen LogP contribution in [0, 0.1) is 5.92 Å². The van der Waals surface area contributed by atoms with Crippen LogP contribution in [0.3, 0.4) is 0 Å². The number of carbonyl (C=O) groups excluding carboxylic acids is 2. The quantitative estimate of drug-likeness (QED) is 0.852. The van der Waals surface area contributed by atoms with E-state index in [1.165, 1.54) is 7.11 Å². The molecule has 0 spiro atoms. The van der Waals surface area contributed by atoms with Crippen LogP contribution in [0.5, 0.6) is 11.5 Å². The van der Waals surface area contributed by atoms with Crippen LogP contribution in [0.1, 0.15) is 13.8 Å². The zero-order chi connectivity index (χ0) is 17.5. The third kappa shape index (κ3) is 4.86. The fourth-order valence-electron chi connectivity index (χ4n) is 2.19. The molecular weight excluding hydrogens is 312 g/mol. The summed E-state index contributed by atoms with van der Waals surface area (Å²) >= 11 is 0. The van der Waals surface area contributed by atoms with Crippen LogP contribution in [-0.4, -0.2) is 56.7 Å². The largest absolute Gasteiger partial charge is 0.493 e. The Morgan fingerprint density at radius 2 is 1.96 bits per heavy atom. The van der Waals surface area contributed by atoms with Gasteiger partial charge < -0.3 is 24.4 Å². The number of carbonyl (C=O) groups is 2. The summed E-state index contributed by atoms with van der Waals surface area (Å²) < 4.78 is 16.1. The van der Waals surface area contributed by atoms with Crippen LogP contribution in [0.25, 0.3) is 0 Å². The van der Waals surface area contributed by atoms with Gasteiger partial charge in [-0.15, -0.1) is 0 Å². The molecule has 132 valence electrons. The third-order valence-corrected chi connectivity index (χ3v) is 3.67. The molecule has 1 saturated heterocycles. The molecule has 0 saturated carbocycles. The first-order valence-corrected chi connectivity index (χ1v) is 7.98. The number of hydrogen-bond acceptors (Lipinski definition) is 5. The number of nitrogens with zero attached hydrogens (tertiary/aromatic N) is 1. The van der Waals surface area contributed by atoms with Crippen LogP contribution < -0.4 is 14.8 Å². The number of morpholine rings is 1. The van der Waals surface area contributed by atoms with Gasteiger partial charge in [0.1, 0.15) is 0 Å². The van der Waals surface area contributed by atoms with Crippen LogP contribution in [-0.2, 0) is 14.3 Å². The number of ether oxygens (including phenoxy) is 3. The number of hydrogen-bond donors (Lipinski definition) is 1. The normalized spacial score (nSPS) is 14.4. The number of methoxy groups -OCH3 is 1. The minimum Gasteiger partial charge on any atom is -0.493 e. The van der Waals surface area contributed by atoms with Gasteiger partial charge in [-0.3, -0.25) is 9.59 Å². The first-order chi connectivity index (χ1) is 11.5. The average Bonchev–Trinajstić information content (AvgIpc) is 2.60. The van der Waals surface area contributed by atoms with Crippen molar-refractivity contribution < 1.29 is 23.8 Å². The molecule has 0 radical (unpaired) electrons. The summed E-state index contributed by atoms with van der Waals surface area (Å²) in [5, 5.41) is 2.80. The molecule has 7 nitrogen and oxygen atoms in total. The molecule has 24 heavy (non-hydrogen) atoms. The summed E-state index contributed by atoms with van der Waals surface area (Å²) in [5.74, 6) is 0.650. The molecular formula is C17H24N2O5. The van der Waals surface area contributed by atoms with Gasteiger partial charge in [0.25, 0.3) is 5.91 Å². The van der Waals surface area contributed by atoms with Crippen molar-refractivity contribution in [3.8, 4) is 11.5 Å². The van der Waals surface area contributed by atoms with Crippen molar-refractivity contribution in [3.05, 3.63) is 18.2 Å². The predicted octanol–water partition coefficient (Wildman–Crippen LogP) is 1.53. The maximum absolute atomic E-state index is 12.1. The van der Waals surface area contributed by atoms with E-state index in [2.05, 4.69) is 5.32 Å². The zero-order valence-electron chi connectivity index (χ0n) is 14.3. The lowest BCUT2D eigenvalue weighted by molar-refractivity contribution is -0.137. The highest BCUT2D eigenvalue weighted by Crippen LogP contribution is 2.30. The van der Waals surface area contributed by atoms with Gasteiger partial charge in [-0.25, -0.2) is 0 Å². The van der Waals surface area contributed by atoms with Crippen molar-refractivity contribution in [2.75, 3.05) is 45.3 Å². The van der Waals surface area contributed by atoms with E-state index in [9.17, 15) is 9.59 Å². The number of amides is 2. The lowest BCUT2D eigenvalue weighted by Gasteiger charge is -2.26. The topological polar surface area (TPSA) is 77.1 Å². The second kappa shape index (κ2) is 8.54. The van der Waals surface area contributed by atoms with E-state index in [0.717, 1.165) is 0 Å². The summed E-state index contributed by atoms with van der Waals surface area (Å²) in [6.07, 6.45) is 0. The Bertz CT molecular complexity index is 582. The molecule has 1 aromatic rings. The van der Waals surface area contributed by atoms with Crippen molar-refractivity contribution in [3.63, 3.8) is 0 Å². The molecule has 1 heterocycles. The van der Waals surface area contributed by atoms with E-state index in [-0.39, 0.29) is 24.3 Å². The summed E-state index contributed by atoms with van der Waals surface area (Å²) in [7, 11) is 1.51. The number of nitrogens with one attached hydrogen (secondary N) is 1. The lowest BCUT2D eigenvalue weighted by atomic mass is 10.2. The molecule has 2 amide bonds. The van der Waals surface area contributed by atoms with Crippen LogP contribution in [0.2, 0.25) is 0 Å². The highest BCUT2D eigenvalue weighted by Gasteiger charge is 2.18. The van der Waals surface area contributed by atoms with E-state index in [1.54, 1.807) is 23.1 Å². The van der Waals surface area contributed by atoms with Crippen molar-refractivity contribution in [1.29, 1.82) is 0 Å². The molecule has 0 bridgehead atoms. The summed E-state index contributed by atoms with van der Waals surface area (Å²) in [6, 6.07) is 5.08. The molecule has 0 unspecified atom stereocenters. The van der Waals surface area contributed by atoms with Crippen LogP contribution in [0.15, 0.2) is 18.2 Å². The second-order valence-corrected chi connectivity index (χ2v) is 5.79. The minimum atomic E-state index is -0.113. The molecule has 0 atom stereocenters. The second-order valence-electron chi connectivity index (χ2n) is 5.79. The molecule has 0 aromatic heterocycles. The summed E-state index contributed by atoms with van der Waals surface area (Å²) in [4.78, 5) is 25.6. The van der Waals surface area contributed by atoms with Gasteiger partial charge in [0.15, 0.2) is 18.1 Å². The van der Waals surface area contributed by atoms with Gasteiger partial charge in [-0.1, -0.05) is 13.8 Å². The van der Waals surface area contributed by atoms with Crippen molar-refractivity contribution in [2.24, 2.45) is 5.92 Å². The van der Waals surface area contributed by atoms with E-state index >= 15 is 0 Å². The lowest BCUT2D eigenvalue weighted by Crippen LogP contribution is -2.43.